The fraction of sp³-hybridized carbons (Fsp3) is 0.240. The van der Waals surface area contributed by atoms with Crippen LogP contribution in [0.2, 0.25) is 5.02 Å². The Balaban J connectivity index is 1.42. The molecule has 1 N–H and O–H groups in total. The van der Waals surface area contributed by atoms with E-state index in [1.807, 2.05) is 30.3 Å². The number of rotatable bonds is 4. The van der Waals surface area contributed by atoms with Crippen molar-refractivity contribution in [2.24, 2.45) is 5.92 Å². The van der Waals surface area contributed by atoms with E-state index in [1.54, 1.807) is 12.1 Å². The first-order chi connectivity index (χ1) is 15.8. The first kappa shape index (κ1) is 21.9. The Bertz CT molecular complexity index is 1470. The van der Waals surface area contributed by atoms with Crippen molar-refractivity contribution in [1.82, 2.24) is 4.31 Å². The smallest absolute Gasteiger partial charge is 0.257 e. The molecule has 4 aromatic rings. The van der Waals surface area contributed by atoms with Gasteiger partial charge in [0, 0.05) is 35.6 Å². The summed E-state index contributed by atoms with van der Waals surface area (Å²) in [4.78, 5) is 13.1. The lowest BCUT2D eigenvalue weighted by Crippen LogP contribution is -2.37. The number of sulfonamides is 1. The number of anilines is 1. The van der Waals surface area contributed by atoms with Gasteiger partial charge in [-0.1, -0.05) is 36.7 Å². The van der Waals surface area contributed by atoms with Crippen LogP contribution in [0.4, 0.5) is 5.69 Å². The number of carbonyl (C=O) groups is 1. The molecule has 8 heteroatoms. The van der Waals surface area contributed by atoms with Gasteiger partial charge in [0.25, 0.3) is 5.91 Å². The third-order valence-electron chi connectivity index (χ3n) is 6.20. The van der Waals surface area contributed by atoms with Gasteiger partial charge in [0.2, 0.25) is 10.0 Å². The Morgan fingerprint density at radius 2 is 1.73 bits per heavy atom. The molecule has 1 aliphatic heterocycles. The van der Waals surface area contributed by atoms with E-state index < -0.39 is 15.9 Å². The lowest BCUT2D eigenvalue weighted by molar-refractivity contribution is 0.102. The summed E-state index contributed by atoms with van der Waals surface area (Å²) in [7, 11) is -3.70. The van der Waals surface area contributed by atoms with Crippen LogP contribution >= 0.6 is 11.6 Å². The summed E-state index contributed by atoms with van der Waals surface area (Å²) in [6, 6.07) is 17.4. The first-order valence-electron chi connectivity index (χ1n) is 10.9. The highest BCUT2D eigenvalue weighted by Crippen LogP contribution is 2.31. The third-order valence-corrected chi connectivity index (χ3v) is 8.42. The minimum Gasteiger partial charge on any atom is -0.456 e. The highest BCUT2D eigenvalue weighted by atomic mass is 35.5. The summed E-state index contributed by atoms with van der Waals surface area (Å²) < 4.78 is 33.6. The van der Waals surface area contributed by atoms with Crippen molar-refractivity contribution >= 4 is 55.2 Å². The van der Waals surface area contributed by atoms with Crippen LogP contribution in [-0.4, -0.2) is 31.7 Å². The van der Waals surface area contributed by atoms with Gasteiger partial charge in [0.05, 0.1) is 15.5 Å². The number of hydrogen-bond acceptors (Lipinski definition) is 4. The third kappa shape index (κ3) is 4.12. The Kier molecular flexibility index (Phi) is 5.64. The average molecular weight is 483 g/mol. The number of carbonyl (C=O) groups excluding carboxylic acids is 1. The zero-order valence-electron chi connectivity index (χ0n) is 18.0. The van der Waals surface area contributed by atoms with Crippen molar-refractivity contribution in [3.63, 3.8) is 0 Å². The van der Waals surface area contributed by atoms with Crippen molar-refractivity contribution in [3.05, 3.63) is 71.2 Å². The summed E-state index contributed by atoms with van der Waals surface area (Å²) in [5.41, 5.74) is 2.05. The largest absolute Gasteiger partial charge is 0.456 e. The number of nitrogens with one attached hydrogen (secondary N) is 1. The Morgan fingerprint density at radius 1 is 1.00 bits per heavy atom. The molecule has 3 aromatic carbocycles. The van der Waals surface area contributed by atoms with Crippen molar-refractivity contribution in [2.75, 3.05) is 18.4 Å². The predicted octanol–water partition coefficient (Wildman–Crippen LogP) is 5.91. The van der Waals surface area contributed by atoms with Crippen molar-refractivity contribution in [2.45, 2.75) is 24.7 Å². The van der Waals surface area contributed by atoms with Gasteiger partial charge in [0.1, 0.15) is 11.2 Å². The topological polar surface area (TPSA) is 79.6 Å². The van der Waals surface area contributed by atoms with E-state index >= 15 is 0 Å². The molecule has 0 saturated carbocycles. The molecule has 1 amide bonds. The molecule has 0 bridgehead atoms. The highest BCUT2D eigenvalue weighted by molar-refractivity contribution is 7.89. The van der Waals surface area contributed by atoms with Crippen LogP contribution in [0.5, 0.6) is 0 Å². The molecule has 1 fully saturated rings. The van der Waals surface area contributed by atoms with E-state index in [9.17, 15) is 13.2 Å². The summed E-state index contributed by atoms with van der Waals surface area (Å²) in [6.45, 7) is 3.08. The van der Waals surface area contributed by atoms with Gasteiger partial charge < -0.3 is 9.73 Å². The molecule has 0 aliphatic carbocycles. The first-order valence-corrected chi connectivity index (χ1v) is 12.7. The Morgan fingerprint density at radius 3 is 2.52 bits per heavy atom. The molecule has 6 nitrogen and oxygen atoms in total. The molecule has 0 atom stereocenters. The van der Waals surface area contributed by atoms with Crippen LogP contribution in [0.3, 0.4) is 0 Å². The van der Waals surface area contributed by atoms with Gasteiger partial charge >= 0.3 is 0 Å². The van der Waals surface area contributed by atoms with Gasteiger partial charge in [-0.05, 0) is 55.2 Å². The molecule has 5 rings (SSSR count). The number of hydrogen-bond donors (Lipinski definition) is 1. The van der Waals surface area contributed by atoms with Crippen LogP contribution in [0.15, 0.2) is 70.0 Å². The normalized spacial score (nSPS) is 15.8. The maximum atomic E-state index is 13.1. The predicted molar refractivity (Wildman–Crippen MR) is 130 cm³/mol. The molecule has 33 heavy (non-hydrogen) atoms. The number of furan rings is 1. The maximum absolute atomic E-state index is 13.1. The molecular formula is C25H23ClN2O4S. The minimum atomic E-state index is -3.70. The van der Waals surface area contributed by atoms with Crippen LogP contribution < -0.4 is 5.32 Å². The lowest BCUT2D eigenvalue weighted by atomic mass is 10.0. The molecular weight excluding hydrogens is 460 g/mol. The van der Waals surface area contributed by atoms with Gasteiger partial charge in [0.15, 0.2) is 0 Å². The fourth-order valence-corrected chi connectivity index (χ4v) is 5.92. The van der Waals surface area contributed by atoms with Gasteiger partial charge in [-0.25, -0.2) is 8.42 Å². The van der Waals surface area contributed by atoms with E-state index in [-0.39, 0.29) is 15.5 Å². The zero-order chi connectivity index (χ0) is 23.2. The van der Waals surface area contributed by atoms with E-state index in [4.69, 9.17) is 16.0 Å². The molecule has 0 unspecified atom stereocenters. The van der Waals surface area contributed by atoms with Crippen LogP contribution in [-0.2, 0) is 10.0 Å². The molecule has 170 valence electrons. The average Bonchev–Trinajstić information content (AvgIpc) is 3.17. The maximum Gasteiger partial charge on any atom is 0.257 e. The highest BCUT2D eigenvalue weighted by Gasteiger charge is 2.29. The summed E-state index contributed by atoms with van der Waals surface area (Å²) in [5.74, 6) is 0.0203. The Hall–Kier alpha value is -2.87. The van der Waals surface area contributed by atoms with E-state index in [2.05, 4.69) is 12.2 Å². The molecule has 1 aliphatic rings. The quantitative estimate of drug-likeness (QED) is 0.392. The summed E-state index contributed by atoms with van der Waals surface area (Å²) in [6.07, 6.45) is 1.65. The van der Waals surface area contributed by atoms with Gasteiger partial charge in [-0.15, -0.1) is 0 Å². The second-order valence-corrected chi connectivity index (χ2v) is 10.8. The van der Waals surface area contributed by atoms with Crippen LogP contribution in [0.25, 0.3) is 21.9 Å². The second-order valence-electron chi connectivity index (χ2n) is 8.49. The number of nitrogens with zero attached hydrogens (tertiary/aromatic N) is 1. The molecule has 0 radical (unpaired) electrons. The van der Waals surface area contributed by atoms with Gasteiger partial charge in [-0.2, -0.15) is 4.31 Å². The van der Waals surface area contributed by atoms with Gasteiger partial charge in [-0.3, -0.25) is 4.79 Å². The van der Waals surface area contributed by atoms with E-state index in [0.717, 1.165) is 29.2 Å². The molecule has 1 aromatic heterocycles. The van der Waals surface area contributed by atoms with Crippen LogP contribution in [0.1, 0.15) is 30.1 Å². The number of piperidine rings is 1. The van der Waals surface area contributed by atoms with Crippen LogP contribution in [0, 0.1) is 5.92 Å². The van der Waals surface area contributed by atoms with Crippen molar-refractivity contribution < 1.29 is 17.6 Å². The second kappa shape index (κ2) is 8.48. The number of benzene rings is 3. The SMILES string of the molecule is CC1CCN(S(=O)(=O)c2ccc(Cl)c(C(=O)Nc3ccc4c(c3)oc3ccccc34)c2)CC1. The number of fused-ring (bicyclic) bond motifs is 3. The van der Waals surface area contributed by atoms with Crippen molar-refractivity contribution in [3.8, 4) is 0 Å². The minimum absolute atomic E-state index is 0.0688. The monoisotopic (exact) mass is 482 g/mol. The molecule has 1 saturated heterocycles. The summed E-state index contributed by atoms with van der Waals surface area (Å²) >= 11 is 6.27. The lowest BCUT2D eigenvalue weighted by Gasteiger charge is -2.29. The molecule has 2 heterocycles. The van der Waals surface area contributed by atoms with E-state index in [0.29, 0.717) is 30.3 Å². The number of halogens is 1. The Labute approximate surface area is 197 Å². The zero-order valence-corrected chi connectivity index (χ0v) is 19.6. The van der Waals surface area contributed by atoms with E-state index in [1.165, 1.54) is 22.5 Å². The fourth-order valence-electron chi connectivity index (χ4n) is 4.22. The molecule has 0 spiro atoms. The summed E-state index contributed by atoms with van der Waals surface area (Å²) in [5, 5.41) is 4.94. The standard InChI is InChI=1S/C25H23ClN2O4S/c1-16-10-12-28(13-11-16)33(30,31)18-7-9-22(26)21(15-18)25(29)27-17-6-8-20-19-4-2-3-5-23(19)32-24(20)14-17/h2-9,14-16H,10-13H2,1H3,(H,27,29). The van der Waals surface area contributed by atoms with Crippen molar-refractivity contribution in [1.29, 1.82) is 0 Å². The number of para-hydroxylation sites is 1. The number of amides is 1.